The van der Waals surface area contributed by atoms with E-state index in [2.05, 4.69) is 5.32 Å². The number of nitrogens with zero attached hydrogens (tertiary/aromatic N) is 1. The van der Waals surface area contributed by atoms with Gasteiger partial charge in [-0.25, -0.2) is 4.39 Å². The average molecular weight is 264 g/mol. The van der Waals surface area contributed by atoms with E-state index in [-0.39, 0.29) is 11.7 Å². The number of hydrogen-bond acceptors (Lipinski definition) is 2. The Morgan fingerprint density at radius 3 is 2.74 bits per heavy atom. The topological polar surface area (TPSA) is 32.3 Å². The van der Waals surface area contributed by atoms with Gasteiger partial charge < -0.3 is 10.2 Å². The van der Waals surface area contributed by atoms with E-state index in [9.17, 15) is 9.18 Å². The molecule has 1 fully saturated rings. The Morgan fingerprint density at radius 2 is 2.16 bits per heavy atom. The molecule has 0 aliphatic carbocycles. The van der Waals surface area contributed by atoms with Gasteiger partial charge >= 0.3 is 0 Å². The van der Waals surface area contributed by atoms with Gasteiger partial charge in [-0.05, 0) is 63.0 Å². The molecule has 1 saturated heterocycles. The predicted octanol–water partition coefficient (Wildman–Crippen LogP) is 2.29. The van der Waals surface area contributed by atoms with Crippen molar-refractivity contribution in [2.24, 2.45) is 5.92 Å². The lowest BCUT2D eigenvalue weighted by Gasteiger charge is -2.29. The zero-order valence-electron chi connectivity index (χ0n) is 11.4. The molecule has 3 nitrogen and oxygen atoms in total. The van der Waals surface area contributed by atoms with Crippen LogP contribution in [0.15, 0.2) is 24.3 Å². The number of halogens is 1. The van der Waals surface area contributed by atoms with Gasteiger partial charge in [-0.1, -0.05) is 0 Å². The Morgan fingerprint density at radius 1 is 1.42 bits per heavy atom. The molecule has 1 atom stereocenters. The molecule has 0 aromatic heterocycles. The smallest absolute Gasteiger partial charge is 0.253 e. The molecule has 1 heterocycles. The van der Waals surface area contributed by atoms with Crippen LogP contribution in [0.25, 0.3) is 0 Å². The summed E-state index contributed by atoms with van der Waals surface area (Å²) >= 11 is 0. The average Bonchev–Trinajstić information content (AvgIpc) is 2.46. The molecule has 1 amide bonds. The molecule has 4 heteroatoms. The number of carbonyl (C=O) groups excluding carboxylic acids is 1. The highest BCUT2D eigenvalue weighted by Gasteiger charge is 2.20. The van der Waals surface area contributed by atoms with Crippen molar-refractivity contribution >= 4 is 5.91 Å². The van der Waals surface area contributed by atoms with Crippen LogP contribution in [0.4, 0.5) is 4.39 Å². The normalized spacial score (nSPS) is 19.2. The van der Waals surface area contributed by atoms with Gasteiger partial charge in [0.05, 0.1) is 0 Å². The number of rotatable bonds is 4. The standard InChI is InChI=1S/C15H21FN2O/c1-2-18(11-12-4-3-9-17-10-12)15(19)13-5-7-14(16)8-6-13/h5-8,12,17H,2-4,9-11H2,1H3. The highest BCUT2D eigenvalue weighted by atomic mass is 19.1. The van der Waals surface area contributed by atoms with Gasteiger partial charge in [-0.15, -0.1) is 0 Å². The van der Waals surface area contributed by atoms with E-state index in [0.29, 0.717) is 18.0 Å². The summed E-state index contributed by atoms with van der Waals surface area (Å²) in [5.74, 6) is 0.210. The summed E-state index contributed by atoms with van der Waals surface area (Å²) in [6.45, 7) is 5.51. The first-order chi connectivity index (χ1) is 9.20. The van der Waals surface area contributed by atoms with Crippen molar-refractivity contribution in [2.75, 3.05) is 26.2 Å². The molecule has 1 N–H and O–H groups in total. The molecular formula is C15H21FN2O. The Balaban J connectivity index is 1.99. The number of hydrogen-bond donors (Lipinski definition) is 1. The van der Waals surface area contributed by atoms with Crippen LogP contribution in [-0.2, 0) is 0 Å². The van der Waals surface area contributed by atoms with Crippen molar-refractivity contribution < 1.29 is 9.18 Å². The minimum atomic E-state index is -0.309. The highest BCUT2D eigenvalue weighted by Crippen LogP contribution is 2.14. The fraction of sp³-hybridized carbons (Fsp3) is 0.533. The third-order valence-electron chi connectivity index (χ3n) is 3.64. The molecule has 1 unspecified atom stereocenters. The number of carbonyl (C=O) groups is 1. The van der Waals surface area contributed by atoms with E-state index >= 15 is 0 Å². The third kappa shape index (κ3) is 3.77. The summed E-state index contributed by atoms with van der Waals surface area (Å²) < 4.78 is 12.9. The maximum absolute atomic E-state index is 12.9. The monoisotopic (exact) mass is 264 g/mol. The molecular weight excluding hydrogens is 243 g/mol. The minimum Gasteiger partial charge on any atom is -0.339 e. The van der Waals surface area contributed by atoms with Crippen LogP contribution in [-0.4, -0.2) is 37.0 Å². The Kier molecular flexibility index (Phi) is 4.91. The van der Waals surface area contributed by atoms with Crippen molar-refractivity contribution in [1.29, 1.82) is 0 Å². The van der Waals surface area contributed by atoms with Crippen molar-refractivity contribution in [3.05, 3.63) is 35.6 Å². The van der Waals surface area contributed by atoms with Crippen LogP contribution in [0.5, 0.6) is 0 Å². The van der Waals surface area contributed by atoms with Crippen LogP contribution in [0.2, 0.25) is 0 Å². The molecule has 2 rings (SSSR count). The lowest BCUT2D eigenvalue weighted by Crippen LogP contribution is -2.41. The second-order valence-electron chi connectivity index (χ2n) is 5.06. The number of piperidine rings is 1. The van der Waals surface area contributed by atoms with Gasteiger partial charge in [0.2, 0.25) is 0 Å². The zero-order chi connectivity index (χ0) is 13.7. The molecule has 0 saturated carbocycles. The lowest BCUT2D eigenvalue weighted by atomic mass is 9.99. The van der Waals surface area contributed by atoms with E-state index in [0.717, 1.165) is 19.6 Å². The Hall–Kier alpha value is -1.42. The lowest BCUT2D eigenvalue weighted by molar-refractivity contribution is 0.0729. The summed E-state index contributed by atoms with van der Waals surface area (Å²) in [6.07, 6.45) is 2.34. The van der Waals surface area contributed by atoms with Gasteiger partial charge in [0.1, 0.15) is 5.82 Å². The fourth-order valence-corrected chi connectivity index (χ4v) is 2.52. The van der Waals surface area contributed by atoms with Crippen LogP contribution >= 0.6 is 0 Å². The molecule has 19 heavy (non-hydrogen) atoms. The largest absolute Gasteiger partial charge is 0.339 e. The molecule has 0 spiro atoms. The summed E-state index contributed by atoms with van der Waals surface area (Å²) in [5, 5.41) is 3.36. The molecule has 1 aromatic carbocycles. The predicted molar refractivity (Wildman–Crippen MR) is 73.6 cm³/mol. The highest BCUT2D eigenvalue weighted by molar-refractivity contribution is 5.94. The summed E-state index contributed by atoms with van der Waals surface area (Å²) in [4.78, 5) is 14.2. The van der Waals surface area contributed by atoms with E-state index in [1.165, 1.54) is 25.0 Å². The molecule has 0 bridgehead atoms. The van der Waals surface area contributed by atoms with Crippen molar-refractivity contribution in [1.82, 2.24) is 10.2 Å². The first kappa shape index (κ1) is 14.0. The van der Waals surface area contributed by atoms with E-state index in [4.69, 9.17) is 0 Å². The second-order valence-corrected chi connectivity index (χ2v) is 5.06. The number of amides is 1. The first-order valence-electron chi connectivity index (χ1n) is 6.96. The van der Waals surface area contributed by atoms with Crippen LogP contribution in [0, 0.1) is 11.7 Å². The fourth-order valence-electron chi connectivity index (χ4n) is 2.52. The summed E-state index contributed by atoms with van der Waals surface area (Å²) in [7, 11) is 0. The van der Waals surface area contributed by atoms with Gasteiger partial charge in [0.15, 0.2) is 0 Å². The van der Waals surface area contributed by atoms with Crippen LogP contribution < -0.4 is 5.32 Å². The van der Waals surface area contributed by atoms with E-state index in [1.54, 1.807) is 12.1 Å². The quantitative estimate of drug-likeness (QED) is 0.905. The molecule has 1 aromatic rings. The van der Waals surface area contributed by atoms with E-state index in [1.807, 2.05) is 11.8 Å². The number of nitrogens with one attached hydrogen (secondary N) is 1. The van der Waals surface area contributed by atoms with Crippen LogP contribution in [0.3, 0.4) is 0 Å². The van der Waals surface area contributed by atoms with E-state index < -0.39 is 0 Å². The van der Waals surface area contributed by atoms with Crippen molar-refractivity contribution in [3.8, 4) is 0 Å². The zero-order valence-corrected chi connectivity index (χ0v) is 11.4. The minimum absolute atomic E-state index is 0.00641. The maximum Gasteiger partial charge on any atom is 0.253 e. The van der Waals surface area contributed by atoms with Gasteiger partial charge in [0.25, 0.3) is 5.91 Å². The number of benzene rings is 1. The van der Waals surface area contributed by atoms with Gasteiger partial charge in [0, 0.05) is 18.7 Å². The molecule has 0 radical (unpaired) electrons. The summed E-state index contributed by atoms with van der Waals surface area (Å²) in [5.41, 5.74) is 0.562. The van der Waals surface area contributed by atoms with Crippen LogP contribution in [0.1, 0.15) is 30.1 Å². The van der Waals surface area contributed by atoms with Crippen molar-refractivity contribution in [3.63, 3.8) is 0 Å². The molecule has 1 aliphatic rings. The van der Waals surface area contributed by atoms with Crippen molar-refractivity contribution in [2.45, 2.75) is 19.8 Å². The van der Waals surface area contributed by atoms with Gasteiger partial charge in [-0.2, -0.15) is 0 Å². The molecule has 104 valence electrons. The Bertz CT molecular complexity index is 413. The SMILES string of the molecule is CCN(CC1CCCNC1)C(=O)c1ccc(F)cc1. The molecule has 1 aliphatic heterocycles. The summed E-state index contributed by atoms with van der Waals surface area (Å²) in [6, 6.07) is 5.78. The second kappa shape index (κ2) is 6.66. The van der Waals surface area contributed by atoms with Gasteiger partial charge in [-0.3, -0.25) is 4.79 Å². The first-order valence-corrected chi connectivity index (χ1v) is 6.96. The third-order valence-corrected chi connectivity index (χ3v) is 3.64. The Labute approximate surface area is 113 Å². The maximum atomic E-state index is 12.9.